The lowest BCUT2D eigenvalue weighted by molar-refractivity contribution is 0.588. The van der Waals surface area contributed by atoms with E-state index in [0.717, 1.165) is 16.3 Å². The van der Waals surface area contributed by atoms with Gasteiger partial charge in [0.1, 0.15) is 0 Å². The number of rotatable bonds is 3. The first kappa shape index (κ1) is 14.7. The van der Waals surface area contributed by atoms with Crippen LogP contribution in [0.3, 0.4) is 0 Å². The van der Waals surface area contributed by atoms with Crippen molar-refractivity contribution in [2.75, 3.05) is 0 Å². The van der Waals surface area contributed by atoms with E-state index in [9.17, 15) is 8.42 Å². The van der Waals surface area contributed by atoms with E-state index in [1.54, 1.807) is 30.3 Å². The highest BCUT2D eigenvalue weighted by molar-refractivity contribution is 7.90. The Labute approximate surface area is 140 Å². The molecule has 4 nitrogen and oxygen atoms in total. The molecule has 0 unspecified atom stereocenters. The maximum Gasteiger partial charge on any atom is 0.269 e. The number of imidazole rings is 1. The molecule has 0 aliphatic carbocycles. The van der Waals surface area contributed by atoms with Gasteiger partial charge in [0.25, 0.3) is 10.0 Å². The Kier molecular flexibility index (Phi) is 3.43. The van der Waals surface area contributed by atoms with Crippen molar-refractivity contribution in [2.45, 2.75) is 4.90 Å². The van der Waals surface area contributed by atoms with E-state index in [1.807, 2.05) is 42.5 Å². The number of aromatic nitrogens is 2. The van der Waals surface area contributed by atoms with Crippen LogP contribution in [0.5, 0.6) is 0 Å². The van der Waals surface area contributed by atoms with Crippen LogP contribution in [0.25, 0.3) is 22.2 Å². The highest BCUT2D eigenvalue weighted by atomic mass is 32.2. The van der Waals surface area contributed by atoms with Crippen LogP contribution in [0.15, 0.2) is 90.1 Å². The van der Waals surface area contributed by atoms with Crippen molar-refractivity contribution in [1.82, 2.24) is 8.96 Å². The molecule has 5 heteroatoms. The molecule has 4 aromatic rings. The normalized spacial score (nSPS) is 11.7. The summed E-state index contributed by atoms with van der Waals surface area (Å²) in [6.07, 6.45) is 3.00. The van der Waals surface area contributed by atoms with Gasteiger partial charge in [0.2, 0.25) is 0 Å². The van der Waals surface area contributed by atoms with Crippen LogP contribution < -0.4 is 0 Å². The molecule has 0 saturated heterocycles. The number of hydrogen-bond donors (Lipinski definition) is 0. The summed E-state index contributed by atoms with van der Waals surface area (Å²) in [7, 11) is -3.69. The fraction of sp³-hybridized carbons (Fsp3) is 0. The zero-order chi connectivity index (χ0) is 16.6. The smallest absolute Gasteiger partial charge is 0.236 e. The number of fused-ring (bicyclic) bond motifs is 1. The van der Waals surface area contributed by atoms with Crippen LogP contribution in [0, 0.1) is 0 Å². The standard InChI is InChI=1S/C19H14N2O2S/c22-24(23,16-9-2-1-3-10-16)21-14-13-20-19(21)18-12-6-8-15-7-4-5-11-17(15)18/h1-14H. The van der Waals surface area contributed by atoms with E-state index in [4.69, 9.17) is 0 Å². The van der Waals surface area contributed by atoms with Gasteiger partial charge in [0.15, 0.2) is 5.82 Å². The molecule has 0 aliphatic rings. The first-order valence-corrected chi connectivity index (χ1v) is 8.94. The zero-order valence-corrected chi connectivity index (χ0v) is 13.5. The third kappa shape index (κ3) is 2.30. The van der Waals surface area contributed by atoms with Crippen molar-refractivity contribution in [3.63, 3.8) is 0 Å². The minimum Gasteiger partial charge on any atom is -0.236 e. The summed E-state index contributed by atoms with van der Waals surface area (Å²) < 4.78 is 27.1. The number of benzene rings is 3. The SMILES string of the molecule is O=S(=O)(c1ccccc1)n1ccnc1-c1cccc2ccccc12. The van der Waals surface area contributed by atoms with Crippen molar-refractivity contribution >= 4 is 20.8 Å². The molecule has 0 amide bonds. The maximum absolute atomic E-state index is 12.9. The third-order valence-corrected chi connectivity index (χ3v) is 5.62. The van der Waals surface area contributed by atoms with Gasteiger partial charge in [-0.3, -0.25) is 0 Å². The summed E-state index contributed by atoms with van der Waals surface area (Å²) >= 11 is 0. The molecule has 0 fully saturated rings. The average molecular weight is 334 g/mol. The molecule has 0 spiro atoms. The second-order valence-corrected chi connectivity index (χ2v) is 7.21. The Hall–Kier alpha value is -2.92. The van der Waals surface area contributed by atoms with Crippen molar-refractivity contribution < 1.29 is 8.42 Å². The molecule has 1 heterocycles. The fourth-order valence-electron chi connectivity index (χ4n) is 2.80. The van der Waals surface area contributed by atoms with Gasteiger partial charge in [-0.05, 0) is 22.9 Å². The molecule has 0 radical (unpaired) electrons. The van der Waals surface area contributed by atoms with E-state index in [-0.39, 0.29) is 4.90 Å². The van der Waals surface area contributed by atoms with Crippen LogP contribution >= 0.6 is 0 Å². The second kappa shape index (κ2) is 5.62. The predicted octanol–water partition coefficient (Wildman–Crippen LogP) is 3.94. The van der Waals surface area contributed by atoms with Gasteiger partial charge in [-0.15, -0.1) is 0 Å². The van der Waals surface area contributed by atoms with Crippen LogP contribution in [0.4, 0.5) is 0 Å². The summed E-state index contributed by atoms with van der Waals surface area (Å²) in [5.41, 5.74) is 0.789. The van der Waals surface area contributed by atoms with Gasteiger partial charge < -0.3 is 0 Å². The van der Waals surface area contributed by atoms with E-state index < -0.39 is 10.0 Å². The highest BCUT2D eigenvalue weighted by Crippen LogP contribution is 2.29. The Balaban J connectivity index is 1.96. The largest absolute Gasteiger partial charge is 0.269 e. The molecule has 0 saturated carbocycles. The van der Waals surface area contributed by atoms with Crippen LogP contribution in [-0.2, 0) is 10.0 Å². The van der Waals surface area contributed by atoms with Gasteiger partial charge in [-0.1, -0.05) is 60.7 Å². The summed E-state index contributed by atoms with van der Waals surface area (Å²) in [4.78, 5) is 4.55. The number of nitrogens with zero attached hydrogens (tertiary/aromatic N) is 2. The Morgan fingerprint density at radius 1 is 0.792 bits per heavy atom. The zero-order valence-electron chi connectivity index (χ0n) is 12.7. The molecule has 0 atom stereocenters. The van der Waals surface area contributed by atoms with Gasteiger partial charge in [-0.2, -0.15) is 0 Å². The van der Waals surface area contributed by atoms with Crippen molar-refractivity contribution in [3.05, 3.63) is 85.2 Å². The first-order chi connectivity index (χ1) is 11.7. The molecular weight excluding hydrogens is 320 g/mol. The number of hydrogen-bond acceptors (Lipinski definition) is 3. The van der Waals surface area contributed by atoms with Crippen LogP contribution in [0.2, 0.25) is 0 Å². The molecule has 3 aromatic carbocycles. The molecule has 0 bridgehead atoms. The molecule has 0 aliphatic heterocycles. The van der Waals surface area contributed by atoms with Gasteiger partial charge >= 0.3 is 0 Å². The second-order valence-electron chi connectivity index (χ2n) is 5.39. The molecule has 24 heavy (non-hydrogen) atoms. The van der Waals surface area contributed by atoms with E-state index >= 15 is 0 Å². The quantitative estimate of drug-likeness (QED) is 0.570. The lowest BCUT2D eigenvalue weighted by Crippen LogP contribution is -2.13. The van der Waals surface area contributed by atoms with Crippen molar-refractivity contribution in [1.29, 1.82) is 0 Å². The highest BCUT2D eigenvalue weighted by Gasteiger charge is 2.21. The van der Waals surface area contributed by atoms with Crippen LogP contribution in [0.1, 0.15) is 0 Å². The average Bonchev–Trinajstić information content (AvgIpc) is 3.12. The van der Waals surface area contributed by atoms with Gasteiger partial charge in [0, 0.05) is 18.0 Å². The van der Waals surface area contributed by atoms with Crippen molar-refractivity contribution in [3.8, 4) is 11.4 Å². The van der Waals surface area contributed by atoms with Crippen LogP contribution in [-0.4, -0.2) is 17.4 Å². The molecule has 0 N–H and O–H groups in total. The Morgan fingerprint density at radius 3 is 2.33 bits per heavy atom. The third-order valence-electron chi connectivity index (χ3n) is 3.94. The topological polar surface area (TPSA) is 52.0 Å². The summed E-state index contributed by atoms with van der Waals surface area (Å²) in [5.74, 6) is 0.413. The monoisotopic (exact) mass is 334 g/mol. The Morgan fingerprint density at radius 2 is 1.50 bits per heavy atom. The maximum atomic E-state index is 12.9. The molecule has 1 aromatic heterocycles. The summed E-state index contributed by atoms with van der Waals surface area (Å²) in [5, 5.41) is 2.01. The van der Waals surface area contributed by atoms with E-state index in [2.05, 4.69) is 4.98 Å². The molecule has 118 valence electrons. The molecule has 4 rings (SSSR count). The predicted molar refractivity (Wildman–Crippen MR) is 94.2 cm³/mol. The first-order valence-electron chi connectivity index (χ1n) is 7.50. The minimum absolute atomic E-state index is 0.240. The lowest BCUT2D eigenvalue weighted by atomic mass is 10.0. The Bertz CT molecular complexity index is 1110. The molecular formula is C19H14N2O2S. The van der Waals surface area contributed by atoms with Gasteiger partial charge in [-0.25, -0.2) is 17.4 Å². The van der Waals surface area contributed by atoms with Gasteiger partial charge in [0.05, 0.1) is 4.90 Å². The van der Waals surface area contributed by atoms with E-state index in [0.29, 0.717) is 5.82 Å². The van der Waals surface area contributed by atoms with E-state index in [1.165, 1.54) is 16.4 Å². The summed E-state index contributed by atoms with van der Waals surface area (Å²) in [6, 6.07) is 22.0. The fourth-order valence-corrected chi connectivity index (χ4v) is 4.12. The minimum atomic E-state index is -3.69. The summed E-state index contributed by atoms with van der Waals surface area (Å²) in [6.45, 7) is 0. The lowest BCUT2D eigenvalue weighted by Gasteiger charge is -2.11. The van der Waals surface area contributed by atoms with Crippen molar-refractivity contribution in [2.24, 2.45) is 0 Å².